The number of benzene rings is 3. The molecule has 3 aromatic carbocycles. The van der Waals surface area contributed by atoms with Crippen LogP contribution < -0.4 is 4.74 Å². The van der Waals surface area contributed by atoms with E-state index in [1.165, 1.54) is 49.7 Å². The van der Waals surface area contributed by atoms with E-state index < -0.39 is 15.7 Å². The molecule has 4 rings (SSSR count). The summed E-state index contributed by atoms with van der Waals surface area (Å²) >= 11 is 12.0. The van der Waals surface area contributed by atoms with E-state index in [-0.39, 0.29) is 19.8 Å². The minimum atomic E-state index is -4.07. The zero-order valence-electron chi connectivity index (χ0n) is 15.6. The first-order valence-corrected chi connectivity index (χ1v) is 11.0. The van der Waals surface area contributed by atoms with Gasteiger partial charge in [-0.15, -0.1) is 0 Å². The van der Waals surface area contributed by atoms with Gasteiger partial charge < -0.3 is 4.74 Å². The molecular formula is C22H14Cl2FNO3S. The summed E-state index contributed by atoms with van der Waals surface area (Å²) in [6.07, 6.45) is 1.27. The van der Waals surface area contributed by atoms with Crippen LogP contribution in [0, 0.1) is 5.82 Å². The number of hydrogen-bond donors (Lipinski definition) is 0. The molecule has 1 heterocycles. The monoisotopic (exact) mass is 461 g/mol. The van der Waals surface area contributed by atoms with Crippen LogP contribution in [0.3, 0.4) is 0 Å². The lowest BCUT2D eigenvalue weighted by Crippen LogP contribution is -2.06. The molecule has 0 spiro atoms. The SMILES string of the molecule is COc1ccc(-c2c(S(=O)(=O)c3cc(Cl)cc(Cl)c3)cnc3ccc(F)cc23)cc1. The maximum atomic E-state index is 14.1. The summed E-state index contributed by atoms with van der Waals surface area (Å²) in [7, 11) is -2.54. The highest BCUT2D eigenvalue weighted by atomic mass is 35.5. The van der Waals surface area contributed by atoms with Crippen molar-refractivity contribution >= 4 is 43.9 Å². The van der Waals surface area contributed by atoms with Gasteiger partial charge in [-0.1, -0.05) is 35.3 Å². The molecule has 152 valence electrons. The topological polar surface area (TPSA) is 56.3 Å². The number of nitrogens with zero attached hydrogens (tertiary/aromatic N) is 1. The number of pyridine rings is 1. The highest BCUT2D eigenvalue weighted by molar-refractivity contribution is 7.91. The van der Waals surface area contributed by atoms with Gasteiger partial charge in [0.2, 0.25) is 9.84 Å². The van der Waals surface area contributed by atoms with Gasteiger partial charge in [-0.3, -0.25) is 4.98 Å². The molecule has 0 bridgehead atoms. The Morgan fingerprint density at radius 1 is 0.933 bits per heavy atom. The zero-order valence-corrected chi connectivity index (χ0v) is 17.9. The van der Waals surface area contributed by atoms with Gasteiger partial charge in [-0.05, 0) is 54.1 Å². The summed E-state index contributed by atoms with van der Waals surface area (Å²) in [6.45, 7) is 0. The van der Waals surface area contributed by atoms with Gasteiger partial charge in [0.1, 0.15) is 11.6 Å². The van der Waals surface area contributed by atoms with Crippen molar-refractivity contribution in [2.75, 3.05) is 7.11 Å². The first kappa shape index (κ1) is 20.6. The van der Waals surface area contributed by atoms with Crippen LogP contribution in [-0.4, -0.2) is 20.5 Å². The van der Waals surface area contributed by atoms with Crippen LogP contribution in [0.1, 0.15) is 0 Å². The fourth-order valence-corrected chi connectivity index (χ4v) is 5.38. The number of sulfone groups is 1. The molecule has 0 unspecified atom stereocenters. The fraction of sp³-hybridized carbons (Fsp3) is 0.0455. The molecule has 4 aromatic rings. The maximum Gasteiger partial charge on any atom is 0.208 e. The molecule has 8 heteroatoms. The Morgan fingerprint density at radius 2 is 1.60 bits per heavy atom. The second-order valence-corrected chi connectivity index (χ2v) is 9.29. The van der Waals surface area contributed by atoms with Gasteiger partial charge in [-0.2, -0.15) is 0 Å². The first-order valence-electron chi connectivity index (χ1n) is 8.73. The molecule has 0 atom stereocenters. The number of hydrogen-bond acceptors (Lipinski definition) is 4. The predicted octanol–water partition coefficient (Wildman–Crippen LogP) is 6.19. The normalized spacial score (nSPS) is 11.6. The second kappa shape index (κ2) is 7.87. The quantitative estimate of drug-likeness (QED) is 0.363. The Labute approximate surface area is 182 Å². The lowest BCUT2D eigenvalue weighted by atomic mass is 10.0. The van der Waals surface area contributed by atoms with Gasteiger partial charge in [-0.25, -0.2) is 12.8 Å². The third-order valence-corrected chi connectivity index (χ3v) is 6.79. The molecule has 0 N–H and O–H groups in total. The third-order valence-electron chi connectivity index (χ3n) is 4.61. The van der Waals surface area contributed by atoms with E-state index in [0.717, 1.165) is 0 Å². The highest BCUT2D eigenvalue weighted by Gasteiger charge is 2.25. The molecule has 0 radical (unpaired) electrons. The number of aromatic nitrogens is 1. The minimum Gasteiger partial charge on any atom is -0.497 e. The van der Waals surface area contributed by atoms with E-state index in [2.05, 4.69) is 4.98 Å². The molecular weight excluding hydrogens is 448 g/mol. The van der Waals surface area contributed by atoms with Crippen LogP contribution in [-0.2, 0) is 9.84 Å². The van der Waals surface area contributed by atoms with E-state index in [1.54, 1.807) is 24.3 Å². The van der Waals surface area contributed by atoms with Gasteiger partial charge in [0.25, 0.3) is 0 Å². The van der Waals surface area contributed by atoms with Crippen LogP contribution in [0.2, 0.25) is 10.0 Å². The smallest absolute Gasteiger partial charge is 0.208 e. The largest absolute Gasteiger partial charge is 0.497 e. The summed E-state index contributed by atoms with van der Waals surface area (Å²) in [5.41, 5.74) is 1.36. The Bertz CT molecular complexity index is 1350. The molecule has 0 saturated carbocycles. The summed E-state index contributed by atoms with van der Waals surface area (Å²) in [6, 6.07) is 15.0. The lowest BCUT2D eigenvalue weighted by molar-refractivity contribution is 0.415. The second-order valence-electron chi connectivity index (χ2n) is 6.50. The van der Waals surface area contributed by atoms with Crippen LogP contribution in [0.4, 0.5) is 4.39 Å². The van der Waals surface area contributed by atoms with Crippen molar-refractivity contribution in [3.05, 3.63) is 82.7 Å². The van der Waals surface area contributed by atoms with Crippen molar-refractivity contribution in [3.63, 3.8) is 0 Å². The Hall–Kier alpha value is -2.67. The average molecular weight is 462 g/mol. The average Bonchev–Trinajstić information content (AvgIpc) is 2.72. The Morgan fingerprint density at radius 3 is 2.23 bits per heavy atom. The van der Waals surface area contributed by atoms with Crippen LogP contribution in [0.25, 0.3) is 22.0 Å². The standard InChI is InChI=1S/C22H14Cl2FNO3S/c1-29-17-5-2-13(3-6-17)22-19-11-16(25)4-7-20(19)26-12-21(22)30(27,28)18-9-14(23)8-15(24)10-18/h2-12H,1H3. The number of ether oxygens (including phenoxy) is 1. The number of halogens is 3. The molecule has 0 fully saturated rings. The van der Waals surface area contributed by atoms with E-state index >= 15 is 0 Å². The zero-order chi connectivity index (χ0) is 21.5. The van der Waals surface area contributed by atoms with Gasteiger partial charge in [0, 0.05) is 27.2 Å². The van der Waals surface area contributed by atoms with Crippen molar-refractivity contribution in [3.8, 4) is 16.9 Å². The van der Waals surface area contributed by atoms with Crippen LogP contribution >= 0.6 is 23.2 Å². The Kier molecular flexibility index (Phi) is 5.40. The number of fused-ring (bicyclic) bond motifs is 1. The van der Waals surface area contributed by atoms with Crippen LogP contribution in [0.15, 0.2) is 76.7 Å². The number of methoxy groups -OCH3 is 1. The van der Waals surface area contributed by atoms with E-state index in [1.807, 2.05) is 0 Å². The van der Waals surface area contributed by atoms with Crippen molar-refractivity contribution in [1.29, 1.82) is 0 Å². The summed E-state index contributed by atoms with van der Waals surface area (Å²) < 4.78 is 46.3. The molecule has 30 heavy (non-hydrogen) atoms. The van der Waals surface area contributed by atoms with Gasteiger partial charge in [0.05, 0.1) is 22.4 Å². The molecule has 0 saturated heterocycles. The predicted molar refractivity (Wildman–Crippen MR) is 116 cm³/mol. The molecule has 0 aliphatic heterocycles. The summed E-state index contributed by atoms with van der Waals surface area (Å²) in [4.78, 5) is 4.09. The molecule has 0 aliphatic rings. The third kappa shape index (κ3) is 3.74. The molecule has 4 nitrogen and oxygen atoms in total. The molecule has 0 amide bonds. The molecule has 0 aliphatic carbocycles. The summed E-state index contributed by atoms with van der Waals surface area (Å²) in [5, 5.41) is 0.744. The van der Waals surface area contributed by atoms with Gasteiger partial charge >= 0.3 is 0 Å². The fourth-order valence-electron chi connectivity index (χ4n) is 3.22. The highest BCUT2D eigenvalue weighted by Crippen LogP contribution is 2.38. The minimum absolute atomic E-state index is 0.0766. The van der Waals surface area contributed by atoms with Crippen molar-refractivity contribution in [2.45, 2.75) is 9.79 Å². The van der Waals surface area contributed by atoms with Crippen molar-refractivity contribution in [2.24, 2.45) is 0 Å². The molecule has 1 aromatic heterocycles. The lowest BCUT2D eigenvalue weighted by Gasteiger charge is -2.14. The van der Waals surface area contributed by atoms with Crippen LogP contribution in [0.5, 0.6) is 5.75 Å². The van der Waals surface area contributed by atoms with Gasteiger partial charge in [0.15, 0.2) is 0 Å². The van der Waals surface area contributed by atoms with Crippen molar-refractivity contribution < 1.29 is 17.5 Å². The Balaban J connectivity index is 2.06. The van der Waals surface area contributed by atoms with E-state index in [0.29, 0.717) is 27.8 Å². The van der Waals surface area contributed by atoms with E-state index in [4.69, 9.17) is 27.9 Å². The maximum absolute atomic E-state index is 14.1. The number of rotatable bonds is 4. The van der Waals surface area contributed by atoms with E-state index in [9.17, 15) is 12.8 Å². The van der Waals surface area contributed by atoms with Crippen molar-refractivity contribution in [1.82, 2.24) is 4.98 Å². The summed E-state index contributed by atoms with van der Waals surface area (Å²) in [5.74, 6) is 0.105. The first-order chi connectivity index (χ1) is 14.3.